The monoisotopic (exact) mass is 329 g/mol. The van der Waals surface area contributed by atoms with E-state index in [-0.39, 0.29) is 0 Å². The average Bonchev–Trinajstić information content (AvgIpc) is 2.33. The Balaban J connectivity index is 2.99. The van der Waals surface area contributed by atoms with Gasteiger partial charge in [-0.05, 0) is 21.8 Å². The lowest BCUT2D eigenvalue weighted by Gasteiger charge is -2.26. The van der Waals surface area contributed by atoms with Crippen LogP contribution in [0.3, 0.4) is 0 Å². The molecule has 0 saturated carbocycles. The maximum absolute atomic E-state index is 5.19. The predicted octanol–water partition coefficient (Wildman–Crippen LogP) is 3.47. The van der Waals surface area contributed by atoms with Crippen LogP contribution in [0, 0.1) is 5.92 Å². The van der Waals surface area contributed by atoms with Crippen LogP contribution >= 0.6 is 15.9 Å². The highest BCUT2D eigenvalue weighted by Crippen LogP contribution is 2.21. The summed E-state index contributed by atoms with van der Waals surface area (Å²) in [5, 5.41) is 0. The molecule has 0 aliphatic carbocycles. The highest BCUT2D eigenvalue weighted by Gasteiger charge is 2.13. The van der Waals surface area contributed by atoms with E-state index in [0.29, 0.717) is 18.4 Å². The van der Waals surface area contributed by atoms with Gasteiger partial charge in [-0.3, -0.25) is 0 Å². The normalized spacial score (nSPS) is 11.4. The van der Waals surface area contributed by atoms with Gasteiger partial charge in [-0.15, -0.1) is 0 Å². The largest absolute Gasteiger partial charge is 0.383 e. The topological polar surface area (TPSA) is 38.2 Å². The molecule has 0 amide bonds. The molecule has 0 aromatic carbocycles. The van der Waals surface area contributed by atoms with Gasteiger partial charge >= 0.3 is 0 Å². The Morgan fingerprint density at radius 2 is 1.95 bits per heavy atom. The second-order valence-electron chi connectivity index (χ2n) is 5.39. The van der Waals surface area contributed by atoms with Crippen molar-refractivity contribution in [3.63, 3.8) is 0 Å². The zero-order valence-electron chi connectivity index (χ0n) is 12.5. The fourth-order valence-corrected chi connectivity index (χ4v) is 2.17. The third-order valence-corrected chi connectivity index (χ3v) is 3.10. The van der Waals surface area contributed by atoms with Crippen molar-refractivity contribution in [3.8, 4) is 0 Å². The summed E-state index contributed by atoms with van der Waals surface area (Å²) in [5.41, 5.74) is 0. The summed E-state index contributed by atoms with van der Waals surface area (Å²) in [7, 11) is 1.73. The summed E-state index contributed by atoms with van der Waals surface area (Å²) in [6, 6.07) is 1.98. The Kier molecular flexibility index (Phi) is 6.72. The number of anilines is 1. The molecule has 0 bridgehead atoms. The average molecular weight is 330 g/mol. The van der Waals surface area contributed by atoms with Crippen LogP contribution in [0.1, 0.15) is 39.4 Å². The van der Waals surface area contributed by atoms with Crippen LogP contribution in [-0.2, 0) is 4.74 Å². The third kappa shape index (κ3) is 5.45. The van der Waals surface area contributed by atoms with Crippen LogP contribution in [0.4, 0.5) is 5.82 Å². The SMILES string of the molecule is COCCN(CC(C)C)c1cc(Br)nc(C(C)C)n1. The van der Waals surface area contributed by atoms with Crippen LogP contribution in [0.2, 0.25) is 0 Å². The number of halogens is 1. The molecule has 108 valence electrons. The third-order valence-electron chi connectivity index (χ3n) is 2.69. The molecule has 0 saturated heterocycles. The van der Waals surface area contributed by atoms with Crippen molar-refractivity contribution in [1.29, 1.82) is 0 Å². The van der Waals surface area contributed by atoms with Gasteiger partial charge in [0.2, 0.25) is 0 Å². The first kappa shape index (κ1) is 16.4. The van der Waals surface area contributed by atoms with Gasteiger partial charge < -0.3 is 9.64 Å². The second-order valence-corrected chi connectivity index (χ2v) is 6.21. The minimum absolute atomic E-state index is 0.319. The Morgan fingerprint density at radius 3 is 2.47 bits per heavy atom. The fourth-order valence-electron chi connectivity index (χ4n) is 1.78. The van der Waals surface area contributed by atoms with Crippen LogP contribution < -0.4 is 4.90 Å². The van der Waals surface area contributed by atoms with E-state index in [0.717, 1.165) is 29.3 Å². The molecule has 0 aliphatic rings. The van der Waals surface area contributed by atoms with E-state index in [2.05, 4.69) is 58.5 Å². The second kappa shape index (κ2) is 7.80. The van der Waals surface area contributed by atoms with E-state index in [9.17, 15) is 0 Å². The molecule has 0 spiro atoms. The number of nitrogens with zero attached hydrogens (tertiary/aromatic N) is 3. The molecule has 0 radical (unpaired) electrons. The molecule has 0 atom stereocenters. The van der Waals surface area contributed by atoms with Gasteiger partial charge in [0.05, 0.1) is 6.61 Å². The predicted molar refractivity (Wildman–Crippen MR) is 82.7 cm³/mol. The molecule has 1 heterocycles. The first-order valence-corrected chi connectivity index (χ1v) is 7.51. The zero-order valence-corrected chi connectivity index (χ0v) is 14.1. The number of aromatic nitrogens is 2. The minimum atomic E-state index is 0.319. The molecule has 1 rings (SSSR count). The quantitative estimate of drug-likeness (QED) is 0.718. The van der Waals surface area contributed by atoms with Crippen LogP contribution in [0.15, 0.2) is 10.7 Å². The molecular weight excluding hydrogens is 306 g/mol. The van der Waals surface area contributed by atoms with Crippen molar-refractivity contribution in [2.45, 2.75) is 33.6 Å². The summed E-state index contributed by atoms with van der Waals surface area (Å²) in [6.45, 7) is 11.1. The summed E-state index contributed by atoms with van der Waals surface area (Å²) in [5.74, 6) is 2.74. The number of methoxy groups -OCH3 is 1. The molecule has 0 aliphatic heterocycles. The molecule has 0 fully saturated rings. The van der Waals surface area contributed by atoms with Gasteiger partial charge in [0.25, 0.3) is 0 Å². The standard InChI is InChI=1S/C14H24BrN3O/c1-10(2)9-18(6-7-19-5)13-8-12(15)16-14(17-13)11(3)4/h8,10-11H,6-7,9H2,1-5H3. The number of hydrogen-bond acceptors (Lipinski definition) is 4. The molecule has 19 heavy (non-hydrogen) atoms. The molecule has 0 N–H and O–H groups in total. The summed E-state index contributed by atoms with van der Waals surface area (Å²) < 4.78 is 6.03. The maximum Gasteiger partial charge on any atom is 0.134 e. The van der Waals surface area contributed by atoms with Gasteiger partial charge in [-0.1, -0.05) is 27.7 Å². The molecule has 1 aromatic heterocycles. The minimum Gasteiger partial charge on any atom is -0.383 e. The van der Waals surface area contributed by atoms with Gasteiger partial charge in [0.15, 0.2) is 0 Å². The highest BCUT2D eigenvalue weighted by atomic mass is 79.9. The molecular formula is C14H24BrN3O. The van der Waals surface area contributed by atoms with Gasteiger partial charge in [0, 0.05) is 32.2 Å². The van der Waals surface area contributed by atoms with E-state index in [1.807, 2.05) is 6.07 Å². The van der Waals surface area contributed by atoms with E-state index >= 15 is 0 Å². The molecule has 0 unspecified atom stereocenters. The fraction of sp³-hybridized carbons (Fsp3) is 0.714. The Bertz CT molecular complexity index is 396. The van der Waals surface area contributed by atoms with Crippen molar-refractivity contribution in [2.24, 2.45) is 5.92 Å². The van der Waals surface area contributed by atoms with Crippen molar-refractivity contribution >= 4 is 21.7 Å². The lowest BCUT2D eigenvalue weighted by molar-refractivity contribution is 0.204. The van der Waals surface area contributed by atoms with E-state index in [1.165, 1.54) is 0 Å². The molecule has 4 nitrogen and oxygen atoms in total. The first-order chi connectivity index (χ1) is 8.93. The Labute approximate surface area is 124 Å². The lowest BCUT2D eigenvalue weighted by atomic mass is 10.2. The van der Waals surface area contributed by atoms with E-state index in [4.69, 9.17) is 4.74 Å². The number of hydrogen-bond donors (Lipinski definition) is 0. The van der Waals surface area contributed by atoms with E-state index < -0.39 is 0 Å². The Morgan fingerprint density at radius 1 is 1.26 bits per heavy atom. The smallest absolute Gasteiger partial charge is 0.134 e. The van der Waals surface area contributed by atoms with Crippen LogP contribution in [-0.4, -0.2) is 36.8 Å². The molecule has 5 heteroatoms. The van der Waals surface area contributed by atoms with E-state index in [1.54, 1.807) is 7.11 Å². The summed E-state index contributed by atoms with van der Waals surface area (Å²) in [4.78, 5) is 11.3. The zero-order chi connectivity index (χ0) is 14.4. The van der Waals surface area contributed by atoms with Crippen LogP contribution in [0.5, 0.6) is 0 Å². The highest BCUT2D eigenvalue weighted by molar-refractivity contribution is 9.10. The number of rotatable bonds is 7. The maximum atomic E-state index is 5.19. The summed E-state index contributed by atoms with van der Waals surface area (Å²) in [6.07, 6.45) is 0. The van der Waals surface area contributed by atoms with Crippen molar-refractivity contribution in [3.05, 3.63) is 16.5 Å². The van der Waals surface area contributed by atoms with Crippen molar-refractivity contribution in [2.75, 3.05) is 31.7 Å². The Hall–Kier alpha value is -0.680. The van der Waals surface area contributed by atoms with Crippen molar-refractivity contribution < 1.29 is 4.74 Å². The molecule has 1 aromatic rings. The van der Waals surface area contributed by atoms with Gasteiger partial charge in [-0.2, -0.15) is 0 Å². The summed E-state index contributed by atoms with van der Waals surface area (Å²) >= 11 is 3.47. The van der Waals surface area contributed by atoms with Gasteiger partial charge in [-0.25, -0.2) is 9.97 Å². The van der Waals surface area contributed by atoms with Crippen molar-refractivity contribution in [1.82, 2.24) is 9.97 Å². The van der Waals surface area contributed by atoms with Gasteiger partial charge in [0.1, 0.15) is 16.2 Å². The lowest BCUT2D eigenvalue weighted by Crippen LogP contribution is -2.32. The first-order valence-electron chi connectivity index (χ1n) is 6.72. The van der Waals surface area contributed by atoms with Crippen LogP contribution in [0.25, 0.3) is 0 Å². The number of ether oxygens (including phenoxy) is 1.